The number of benzene rings is 1. The van der Waals surface area contributed by atoms with Crippen molar-refractivity contribution in [2.45, 2.75) is 53.5 Å². The van der Waals surface area contributed by atoms with Crippen molar-refractivity contribution in [3.63, 3.8) is 0 Å². The lowest BCUT2D eigenvalue weighted by Gasteiger charge is -2.27. The van der Waals surface area contributed by atoms with E-state index >= 15 is 0 Å². The molecule has 1 heterocycles. The van der Waals surface area contributed by atoms with Crippen LogP contribution in [0.2, 0.25) is 0 Å². The lowest BCUT2D eigenvalue weighted by Crippen LogP contribution is -2.37. The highest BCUT2D eigenvalue weighted by Gasteiger charge is 2.26. The predicted octanol–water partition coefficient (Wildman–Crippen LogP) is 4.24. The Hall–Kier alpha value is -2.63. The van der Waals surface area contributed by atoms with Gasteiger partial charge in [0.15, 0.2) is 5.69 Å². The molecule has 0 radical (unpaired) electrons. The van der Waals surface area contributed by atoms with Gasteiger partial charge < -0.3 is 14.6 Å². The summed E-state index contributed by atoms with van der Waals surface area (Å²) in [7, 11) is 0. The average molecular weight is 400 g/mol. The number of carbonyl (C=O) groups excluding carboxylic acids is 2. The molecule has 29 heavy (non-hydrogen) atoms. The van der Waals surface area contributed by atoms with Gasteiger partial charge in [-0.3, -0.25) is 9.59 Å². The molecule has 2 amide bonds. The van der Waals surface area contributed by atoms with Crippen LogP contribution in [0.5, 0.6) is 0 Å². The zero-order valence-corrected chi connectivity index (χ0v) is 18.1. The van der Waals surface area contributed by atoms with Crippen LogP contribution in [0.25, 0.3) is 0 Å². The Bertz CT molecular complexity index is 784. The minimum absolute atomic E-state index is 0.0522. The summed E-state index contributed by atoms with van der Waals surface area (Å²) in [4.78, 5) is 31.6. The van der Waals surface area contributed by atoms with Crippen LogP contribution in [0.3, 0.4) is 0 Å². The average Bonchev–Trinajstić information content (AvgIpc) is 3.15. The molecule has 6 nitrogen and oxygen atoms in total. The van der Waals surface area contributed by atoms with Gasteiger partial charge in [0.25, 0.3) is 5.91 Å². The van der Waals surface area contributed by atoms with Gasteiger partial charge in [-0.2, -0.15) is 0 Å². The highest BCUT2D eigenvalue weighted by Crippen LogP contribution is 2.23. The number of rotatable bonds is 10. The smallest absolute Gasteiger partial charge is 0.273 e. The topological polar surface area (TPSA) is 75.4 Å². The Morgan fingerprint density at radius 2 is 1.79 bits per heavy atom. The molecule has 0 aliphatic heterocycles. The molecule has 0 aliphatic carbocycles. The van der Waals surface area contributed by atoms with Crippen molar-refractivity contribution in [3.05, 3.63) is 53.7 Å². The third-order valence-corrected chi connectivity index (χ3v) is 4.59. The Morgan fingerprint density at radius 1 is 1.10 bits per heavy atom. The Morgan fingerprint density at radius 3 is 2.38 bits per heavy atom. The molecular formula is C23H33N3O3. The lowest BCUT2D eigenvalue weighted by atomic mass is 9.94. The molecule has 1 unspecified atom stereocenters. The van der Waals surface area contributed by atoms with Crippen LogP contribution in [0.4, 0.5) is 0 Å². The van der Waals surface area contributed by atoms with Crippen LogP contribution < -0.4 is 5.32 Å². The molecule has 6 heteroatoms. The first kappa shape index (κ1) is 22.7. The molecule has 0 bridgehead atoms. The van der Waals surface area contributed by atoms with Crippen molar-refractivity contribution in [3.8, 4) is 0 Å². The van der Waals surface area contributed by atoms with Crippen LogP contribution in [0, 0.1) is 11.8 Å². The summed E-state index contributed by atoms with van der Waals surface area (Å²) in [5.41, 5.74) is 1.25. The molecule has 1 N–H and O–H groups in total. The number of oxazole rings is 1. The number of nitrogens with one attached hydrogen (secondary N) is 1. The minimum atomic E-state index is -0.258. The molecule has 0 aliphatic rings. The maximum atomic E-state index is 13.3. The van der Waals surface area contributed by atoms with Gasteiger partial charge in [0, 0.05) is 13.1 Å². The highest BCUT2D eigenvalue weighted by atomic mass is 16.3. The minimum Gasteiger partial charge on any atom is -0.446 e. The fraction of sp³-hybridized carbons (Fsp3) is 0.522. The van der Waals surface area contributed by atoms with Crippen molar-refractivity contribution < 1.29 is 14.0 Å². The molecule has 1 atom stereocenters. The van der Waals surface area contributed by atoms with Gasteiger partial charge in [-0.15, -0.1) is 0 Å². The van der Waals surface area contributed by atoms with Gasteiger partial charge in [0.1, 0.15) is 6.26 Å². The number of carbonyl (C=O) groups is 2. The van der Waals surface area contributed by atoms with E-state index in [1.165, 1.54) is 6.26 Å². The van der Waals surface area contributed by atoms with Crippen molar-refractivity contribution in [1.82, 2.24) is 15.2 Å². The first-order valence-electron chi connectivity index (χ1n) is 10.4. The summed E-state index contributed by atoms with van der Waals surface area (Å²) in [6.45, 7) is 11.6. The third-order valence-electron chi connectivity index (χ3n) is 4.59. The van der Waals surface area contributed by atoms with E-state index in [1.54, 1.807) is 4.90 Å². The molecule has 2 aromatic rings. The van der Waals surface area contributed by atoms with Crippen LogP contribution in [-0.2, 0) is 11.3 Å². The van der Waals surface area contributed by atoms with E-state index in [0.29, 0.717) is 37.2 Å². The molecule has 158 valence electrons. The number of hydrogen-bond acceptors (Lipinski definition) is 4. The second-order valence-electron chi connectivity index (χ2n) is 8.21. The first-order valence-corrected chi connectivity index (χ1v) is 10.4. The zero-order valence-electron chi connectivity index (χ0n) is 18.1. The van der Waals surface area contributed by atoms with Crippen LogP contribution >= 0.6 is 0 Å². The van der Waals surface area contributed by atoms with Crippen molar-refractivity contribution >= 4 is 11.8 Å². The van der Waals surface area contributed by atoms with Gasteiger partial charge in [0.05, 0.1) is 12.5 Å². The van der Waals surface area contributed by atoms with E-state index in [-0.39, 0.29) is 30.0 Å². The van der Waals surface area contributed by atoms with Crippen LogP contribution in [0.1, 0.15) is 68.9 Å². The molecule has 0 saturated heterocycles. The molecule has 0 fully saturated rings. The SMILES string of the molecule is CCC(C(=O)N(Cc1nc(C(=O)NCC(C)C)co1)CC(C)C)c1ccccc1. The van der Waals surface area contributed by atoms with Gasteiger partial charge in [-0.1, -0.05) is 65.0 Å². The normalized spacial score (nSPS) is 12.2. The summed E-state index contributed by atoms with van der Waals surface area (Å²) < 4.78 is 5.51. The maximum Gasteiger partial charge on any atom is 0.273 e. The standard InChI is InChI=1S/C23H33N3O3/c1-6-19(18-10-8-7-9-11-18)23(28)26(13-17(4)5)14-21-25-20(15-29-21)22(27)24-12-16(2)3/h7-11,15-17,19H,6,12-14H2,1-5H3,(H,24,27). The molecule has 1 aromatic heterocycles. The first-order chi connectivity index (χ1) is 13.8. The van der Waals surface area contributed by atoms with Crippen LogP contribution in [0.15, 0.2) is 41.0 Å². The monoisotopic (exact) mass is 399 g/mol. The maximum absolute atomic E-state index is 13.3. The van der Waals surface area contributed by atoms with Gasteiger partial charge in [-0.05, 0) is 23.8 Å². The van der Waals surface area contributed by atoms with Crippen molar-refractivity contribution in [2.24, 2.45) is 11.8 Å². The lowest BCUT2D eigenvalue weighted by molar-refractivity contribution is -0.134. The molecule has 0 saturated carbocycles. The largest absolute Gasteiger partial charge is 0.446 e. The molecule has 1 aromatic carbocycles. The van der Waals surface area contributed by atoms with Gasteiger partial charge in [0.2, 0.25) is 11.8 Å². The number of nitrogens with zero attached hydrogens (tertiary/aromatic N) is 2. The fourth-order valence-electron chi connectivity index (χ4n) is 3.17. The summed E-state index contributed by atoms with van der Waals surface area (Å²) in [5, 5.41) is 2.83. The van der Waals surface area contributed by atoms with E-state index in [9.17, 15) is 9.59 Å². The van der Waals surface area contributed by atoms with E-state index < -0.39 is 0 Å². The summed E-state index contributed by atoms with van der Waals surface area (Å²) in [6, 6.07) is 9.83. The Labute approximate surface area is 173 Å². The van der Waals surface area contributed by atoms with Crippen LogP contribution in [-0.4, -0.2) is 34.8 Å². The van der Waals surface area contributed by atoms with E-state index in [1.807, 2.05) is 51.1 Å². The Balaban J connectivity index is 2.14. The van der Waals surface area contributed by atoms with E-state index in [4.69, 9.17) is 4.42 Å². The fourth-order valence-corrected chi connectivity index (χ4v) is 3.17. The quantitative estimate of drug-likeness (QED) is 0.648. The van der Waals surface area contributed by atoms with Crippen molar-refractivity contribution in [2.75, 3.05) is 13.1 Å². The second-order valence-corrected chi connectivity index (χ2v) is 8.21. The number of aromatic nitrogens is 1. The van der Waals surface area contributed by atoms with E-state index in [0.717, 1.165) is 5.56 Å². The zero-order chi connectivity index (χ0) is 21.4. The molecule has 0 spiro atoms. The number of hydrogen-bond donors (Lipinski definition) is 1. The second kappa shape index (κ2) is 10.8. The molecular weight excluding hydrogens is 366 g/mol. The Kier molecular flexibility index (Phi) is 8.43. The van der Waals surface area contributed by atoms with Gasteiger partial charge in [-0.25, -0.2) is 4.98 Å². The molecule has 2 rings (SSSR count). The predicted molar refractivity (Wildman–Crippen MR) is 113 cm³/mol. The summed E-state index contributed by atoms with van der Waals surface area (Å²) in [6.07, 6.45) is 2.07. The highest BCUT2D eigenvalue weighted by molar-refractivity contribution is 5.91. The van der Waals surface area contributed by atoms with Crippen molar-refractivity contribution in [1.29, 1.82) is 0 Å². The number of amides is 2. The summed E-state index contributed by atoms with van der Waals surface area (Å²) >= 11 is 0. The van der Waals surface area contributed by atoms with Gasteiger partial charge >= 0.3 is 0 Å². The third kappa shape index (κ3) is 6.73. The summed E-state index contributed by atoms with van der Waals surface area (Å²) in [5.74, 6) is 0.613. The van der Waals surface area contributed by atoms with E-state index in [2.05, 4.69) is 24.1 Å².